The fourth-order valence-electron chi connectivity index (χ4n) is 6.49. The van der Waals surface area contributed by atoms with Gasteiger partial charge in [0.25, 0.3) is 0 Å². The summed E-state index contributed by atoms with van der Waals surface area (Å²) in [5.74, 6) is -0.198. The fraction of sp³-hybridized carbons (Fsp3) is 0.487. The lowest BCUT2D eigenvalue weighted by Gasteiger charge is -2.30. The van der Waals surface area contributed by atoms with E-state index in [-0.39, 0.29) is 12.3 Å². The first-order valence-electron chi connectivity index (χ1n) is 17.3. The minimum atomic E-state index is -1.08. The predicted octanol–water partition coefficient (Wildman–Crippen LogP) is 4.22. The predicted molar refractivity (Wildman–Crippen MR) is 187 cm³/mol. The number of aliphatic hydroxyl groups excluding tert-OH is 2. The Morgan fingerprint density at radius 2 is 1.61 bits per heavy atom. The van der Waals surface area contributed by atoms with Crippen LogP contribution in [0.1, 0.15) is 55.5 Å². The van der Waals surface area contributed by atoms with Gasteiger partial charge in [0.15, 0.2) is 0 Å². The first-order chi connectivity index (χ1) is 23.5. The number of amides is 2. The Labute approximate surface area is 289 Å². The van der Waals surface area contributed by atoms with Crippen molar-refractivity contribution in [3.8, 4) is 5.75 Å². The number of hydrogen-bond donors (Lipinski definition) is 4. The number of alkyl carbamates (subject to hydrolysis) is 1. The molecule has 1 saturated heterocycles. The zero-order valence-corrected chi connectivity index (χ0v) is 28.8. The van der Waals surface area contributed by atoms with Crippen LogP contribution in [0.2, 0.25) is 0 Å². The third-order valence-electron chi connectivity index (χ3n) is 9.05. The number of hydrogen-bond acceptors (Lipinski definition) is 8. The lowest BCUT2D eigenvalue weighted by molar-refractivity contribution is -0.127. The van der Waals surface area contributed by atoms with Crippen LogP contribution in [0.4, 0.5) is 4.79 Å². The average Bonchev–Trinajstić information content (AvgIpc) is 3.39. The zero-order chi connectivity index (χ0) is 34.8. The minimum Gasteiger partial charge on any atom is -0.492 e. The highest BCUT2D eigenvalue weighted by atomic mass is 16.6. The number of fused-ring (bicyclic) bond motifs is 1. The SMILES string of the molecule is CC(C)(C)OC(=O)N[C@@H](Cc1ccccc1)[C@@H](O)C[C@H](Cc1ccc(OCCN2CCOCC2)cc1)C(=O)N[C@H]1c2ccccc2C[C@H]1O. The van der Waals surface area contributed by atoms with E-state index in [0.29, 0.717) is 25.9 Å². The highest BCUT2D eigenvalue weighted by molar-refractivity contribution is 5.80. The normalized spacial score (nSPS) is 19.7. The molecule has 0 unspecified atom stereocenters. The molecule has 0 aromatic heterocycles. The number of aliphatic hydroxyl groups is 2. The molecule has 1 fully saturated rings. The Morgan fingerprint density at radius 3 is 2.33 bits per heavy atom. The molecule has 1 aliphatic carbocycles. The molecular formula is C39H51N3O7. The maximum atomic E-state index is 14.1. The van der Waals surface area contributed by atoms with Crippen molar-refractivity contribution in [2.24, 2.45) is 5.92 Å². The molecule has 2 aliphatic rings. The maximum absolute atomic E-state index is 14.1. The summed E-state index contributed by atoms with van der Waals surface area (Å²) in [5, 5.41) is 28.6. The fourth-order valence-corrected chi connectivity index (χ4v) is 6.49. The van der Waals surface area contributed by atoms with Crippen molar-refractivity contribution in [1.82, 2.24) is 15.5 Å². The largest absolute Gasteiger partial charge is 0.492 e. The Morgan fingerprint density at radius 1 is 0.939 bits per heavy atom. The molecule has 49 heavy (non-hydrogen) atoms. The molecular weight excluding hydrogens is 622 g/mol. The van der Waals surface area contributed by atoms with Gasteiger partial charge in [-0.05, 0) is 74.4 Å². The van der Waals surface area contributed by atoms with E-state index in [0.717, 1.165) is 60.9 Å². The van der Waals surface area contributed by atoms with E-state index >= 15 is 0 Å². The average molecular weight is 674 g/mol. The number of benzene rings is 3. The van der Waals surface area contributed by atoms with Gasteiger partial charge in [0.05, 0.1) is 37.5 Å². The highest BCUT2D eigenvalue weighted by Gasteiger charge is 2.35. The van der Waals surface area contributed by atoms with E-state index in [1.807, 2.05) is 78.9 Å². The van der Waals surface area contributed by atoms with Crippen LogP contribution in [0.25, 0.3) is 0 Å². The van der Waals surface area contributed by atoms with Crippen LogP contribution >= 0.6 is 0 Å². The third-order valence-corrected chi connectivity index (χ3v) is 9.05. The van der Waals surface area contributed by atoms with Crippen LogP contribution in [-0.2, 0) is 33.5 Å². The molecule has 10 heteroatoms. The molecule has 4 N–H and O–H groups in total. The monoisotopic (exact) mass is 673 g/mol. The van der Waals surface area contributed by atoms with E-state index < -0.39 is 41.9 Å². The van der Waals surface area contributed by atoms with Gasteiger partial charge >= 0.3 is 6.09 Å². The standard InChI is InChI=1S/C39H51N3O7/c1-39(2,3)49-38(46)40-33(24-27-9-5-4-6-10-27)34(43)26-30(37(45)41-36-32-12-8-7-11-29(32)25-35(36)44)23-28-13-15-31(16-14-28)48-22-19-42-17-20-47-21-18-42/h4-16,30,33-36,43-44H,17-26H2,1-3H3,(H,40,46)(H,41,45)/t30-,33-,34-,35+,36-/m0/s1. The van der Waals surface area contributed by atoms with E-state index in [9.17, 15) is 19.8 Å². The van der Waals surface area contributed by atoms with Crippen LogP contribution in [0.5, 0.6) is 5.75 Å². The molecule has 264 valence electrons. The first-order valence-corrected chi connectivity index (χ1v) is 17.3. The molecule has 1 heterocycles. The van der Waals surface area contributed by atoms with Gasteiger partial charge in [-0.25, -0.2) is 4.79 Å². The molecule has 5 rings (SSSR count). The summed E-state index contributed by atoms with van der Waals surface area (Å²) in [5.41, 5.74) is 3.02. The molecule has 0 spiro atoms. The van der Waals surface area contributed by atoms with Crippen LogP contribution in [0.3, 0.4) is 0 Å². The van der Waals surface area contributed by atoms with Gasteiger partial charge in [0.1, 0.15) is 18.0 Å². The Bertz CT molecular complexity index is 1490. The summed E-state index contributed by atoms with van der Waals surface area (Å²) in [6.45, 7) is 10.0. The zero-order valence-electron chi connectivity index (χ0n) is 28.8. The highest BCUT2D eigenvalue weighted by Crippen LogP contribution is 2.32. The minimum absolute atomic E-state index is 0.0708. The molecule has 3 aromatic carbocycles. The van der Waals surface area contributed by atoms with E-state index in [4.69, 9.17) is 14.2 Å². The molecule has 0 saturated carbocycles. The van der Waals surface area contributed by atoms with Crippen molar-refractivity contribution in [3.05, 3.63) is 101 Å². The van der Waals surface area contributed by atoms with Crippen molar-refractivity contribution in [2.45, 2.75) is 76.3 Å². The topological polar surface area (TPSA) is 130 Å². The molecule has 5 atom stereocenters. The second-order valence-corrected chi connectivity index (χ2v) is 14.0. The lowest BCUT2D eigenvalue weighted by Crippen LogP contribution is -2.48. The number of nitrogens with zero attached hydrogens (tertiary/aromatic N) is 1. The van der Waals surface area contributed by atoms with Crippen molar-refractivity contribution in [1.29, 1.82) is 0 Å². The molecule has 10 nitrogen and oxygen atoms in total. The summed E-state index contributed by atoms with van der Waals surface area (Å²) in [6.07, 6.45) is -1.25. The number of ether oxygens (including phenoxy) is 3. The van der Waals surface area contributed by atoms with Gasteiger partial charge < -0.3 is 35.1 Å². The number of morpholine rings is 1. The smallest absolute Gasteiger partial charge is 0.407 e. The van der Waals surface area contributed by atoms with E-state index in [1.54, 1.807) is 20.8 Å². The summed E-state index contributed by atoms with van der Waals surface area (Å²) >= 11 is 0. The van der Waals surface area contributed by atoms with E-state index in [2.05, 4.69) is 15.5 Å². The van der Waals surface area contributed by atoms with E-state index in [1.165, 1.54) is 0 Å². The van der Waals surface area contributed by atoms with Gasteiger partial charge in [-0.3, -0.25) is 9.69 Å². The first kappa shape index (κ1) is 36.3. The second kappa shape index (κ2) is 17.1. The molecule has 2 amide bonds. The number of rotatable bonds is 14. The van der Waals surface area contributed by atoms with Crippen LogP contribution < -0.4 is 15.4 Å². The van der Waals surface area contributed by atoms with Gasteiger partial charge in [0.2, 0.25) is 5.91 Å². The second-order valence-electron chi connectivity index (χ2n) is 14.0. The van der Waals surface area contributed by atoms with Crippen LogP contribution in [0.15, 0.2) is 78.9 Å². The summed E-state index contributed by atoms with van der Waals surface area (Å²) in [7, 11) is 0. The van der Waals surface area contributed by atoms with Gasteiger partial charge in [-0.2, -0.15) is 0 Å². The Kier molecular flexibility index (Phi) is 12.7. The number of nitrogens with one attached hydrogen (secondary N) is 2. The summed E-state index contributed by atoms with van der Waals surface area (Å²) < 4.78 is 16.9. The van der Waals surface area contributed by atoms with Crippen molar-refractivity contribution < 1.29 is 34.0 Å². The summed E-state index contributed by atoms with van der Waals surface area (Å²) in [4.78, 5) is 29.3. The quantitative estimate of drug-likeness (QED) is 0.200. The van der Waals surface area contributed by atoms with Gasteiger partial charge in [-0.15, -0.1) is 0 Å². The third kappa shape index (κ3) is 11.0. The van der Waals surface area contributed by atoms with Crippen molar-refractivity contribution >= 4 is 12.0 Å². The summed E-state index contributed by atoms with van der Waals surface area (Å²) in [6, 6.07) is 23.7. The van der Waals surface area contributed by atoms with Crippen molar-refractivity contribution in [3.63, 3.8) is 0 Å². The number of carbonyl (C=O) groups is 2. The number of carbonyl (C=O) groups excluding carboxylic acids is 2. The van der Waals surface area contributed by atoms with Crippen LogP contribution in [-0.4, -0.2) is 90.4 Å². The Hall–Kier alpha value is -3.96. The molecule has 3 aromatic rings. The maximum Gasteiger partial charge on any atom is 0.407 e. The Balaban J connectivity index is 1.31. The molecule has 1 aliphatic heterocycles. The lowest BCUT2D eigenvalue weighted by atomic mass is 9.88. The van der Waals surface area contributed by atoms with Gasteiger partial charge in [0, 0.05) is 32.0 Å². The van der Waals surface area contributed by atoms with Crippen LogP contribution in [0, 0.1) is 5.92 Å². The molecule has 0 bridgehead atoms. The molecule has 0 radical (unpaired) electrons. The van der Waals surface area contributed by atoms with Gasteiger partial charge in [-0.1, -0.05) is 66.7 Å². The van der Waals surface area contributed by atoms with Crippen molar-refractivity contribution in [2.75, 3.05) is 39.5 Å².